The van der Waals surface area contributed by atoms with Crippen LogP contribution < -0.4 is 10.1 Å². The summed E-state index contributed by atoms with van der Waals surface area (Å²) in [6.45, 7) is 0.302. The van der Waals surface area contributed by atoms with Gasteiger partial charge in [0.1, 0.15) is 0 Å². The molecular formula is C18H17FN4O3. The molecule has 0 saturated heterocycles. The van der Waals surface area contributed by atoms with E-state index >= 15 is 0 Å². The Morgan fingerprint density at radius 1 is 1.31 bits per heavy atom. The lowest BCUT2D eigenvalue weighted by Crippen LogP contribution is -2.04. The van der Waals surface area contributed by atoms with Gasteiger partial charge in [0.15, 0.2) is 11.6 Å². The van der Waals surface area contributed by atoms with E-state index in [2.05, 4.69) is 10.4 Å². The molecule has 0 atom stereocenters. The Morgan fingerprint density at radius 2 is 2.04 bits per heavy atom. The van der Waals surface area contributed by atoms with Crippen molar-refractivity contribution in [2.24, 2.45) is 7.05 Å². The molecule has 0 fully saturated rings. The predicted octanol–water partition coefficient (Wildman–Crippen LogP) is 3.76. The van der Waals surface area contributed by atoms with Gasteiger partial charge in [-0.15, -0.1) is 0 Å². The van der Waals surface area contributed by atoms with Crippen LogP contribution in [0.15, 0.2) is 48.7 Å². The molecule has 0 spiro atoms. The minimum absolute atomic E-state index is 0.00614. The second kappa shape index (κ2) is 7.22. The maximum Gasteiger partial charge on any atom is 0.313 e. The number of nitrogens with zero attached hydrogens (tertiary/aromatic N) is 3. The van der Waals surface area contributed by atoms with Crippen molar-refractivity contribution >= 4 is 11.4 Å². The standard InChI is InChI=1S/C18H17FN4O3/c1-22-11-13(18(21-22)12-6-4-3-5-7-12)10-20-15-9-17(26-2)16(23(24)25)8-14(15)19/h3-9,11,20H,10H2,1-2H3. The number of anilines is 1. The zero-order valence-electron chi connectivity index (χ0n) is 14.3. The summed E-state index contributed by atoms with van der Waals surface area (Å²) in [4.78, 5) is 10.3. The summed E-state index contributed by atoms with van der Waals surface area (Å²) in [5, 5.41) is 18.4. The Morgan fingerprint density at radius 3 is 2.69 bits per heavy atom. The molecule has 0 radical (unpaired) electrons. The molecule has 1 N–H and O–H groups in total. The van der Waals surface area contributed by atoms with Gasteiger partial charge in [0, 0.05) is 37.0 Å². The Bertz CT molecular complexity index is 941. The second-order valence-corrected chi connectivity index (χ2v) is 5.66. The van der Waals surface area contributed by atoms with Gasteiger partial charge in [0.25, 0.3) is 0 Å². The lowest BCUT2D eigenvalue weighted by Gasteiger charge is -2.10. The number of hydrogen-bond acceptors (Lipinski definition) is 5. The van der Waals surface area contributed by atoms with E-state index in [0.717, 1.165) is 22.9 Å². The van der Waals surface area contributed by atoms with Crippen molar-refractivity contribution in [3.05, 3.63) is 70.2 Å². The molecule has 3 rings (SSSR count). The third kappa shape index (κ3) is 3.49. The highest BCUT2D eigenvalue weighted by molar-refractivity contribution is 5.64. The van der Waals surface area contributed by atoms with Crippen LogP contribution in [0.4, 0.5) is 15.8 Å². The summed E-state index contributed by atoms with van der Waals surface area (Å²) >= 11 is 0. The van der Waals surface area contributed by atoms with Gasteiger partial charge in [-0.25, -0.2) is 4.39 Å². The van der Waals surface area contributed by atoms with Crippen LogP contribution in [0.3, 0.4) is 0 Å². The molecule has 1 heterocycles. The summed E-state index contributed by atoms with van der Waals surface area (Å²) in [6.07, 6.45) is 1.84. The number of aryl methyl sites for hydroxylation is 1. The number of hydrogen-bond donors (Lipinski definition) is 1. The van der Waals surface area contributed by atoms with Gasteiger partial charge in [-0.05, 0) is 0 Å². The second-order valence-electron chi connectivity index (χ2n) is 5.66. The van der Waals surface area contributed by atoms with Gasteiger partial charge in [0.05, 0.1) is 29.5 Å². The smallest absolute Gasteiger partial charge is 0.313 e. The van der Waals surface area contributed by atoms with Gasteiger partial charge in [-0.3, -0.25) is 14.8 Å². The van der Waals surface area contributed by atoms with Crippen molar-refractivity contribution in [3.8, 4) is 17.0 Å². The van der Waals surface area contributed by atoms with E-state index in [1.807, 2.05) is 43.6 Å². The number of benzene rings is 2. The third-order valence-corrected chi connectivity index (χ3v) is 3.89. The first kappa shape index (κ1) is 17.4. The van der Waals surface area contributed by atoms with Crippen molar-refractivity contribution in [2.45, 2.75) is 6.54 Å². The van der Waals surface area contributed by atoms with Gasteiger partial charge in [0.2, 0.25) is 0 Å². The fourth-order valence-corrected chi connectivity index (χ4v) is 2.68. The van der Waals surface area contributed by atoms with Crippen LogP contribution in [0.5, 0.6) is 5.75 Å². The number of halogens is 1. The minimum atomic E-state index is -0.720. The third-order valence-electron chi connectivity index (χ3n) is 3.89. The summed E-state index contributed by atoms with van der Waals surface area (Å²) < 4.78 is 20.9. The number of methoxy groups -OCH3 is 1. The molecule has 0 bridgehead atoms. The first-order valence-electron chi connectivity index (χ1n) is 7.83. The van der Waals surface area contributed by atoms with Crippen molar-refractivity contribution < 1.29 is 14.1 Å². The quantitative estimate of drug-likeness (QED) is 0.537. The van der Waals surface area contributed by atoms with Crippen LogP contribution in [-0.2, 0) is 13.6 Å². The number of nitrogens with one attached hydrogen (secondary N) is 1. The van der Waals surface area contributed by atoms with Crippen molar-refractivity contribution in [1.29, 1.82) is 0 Å². The fourth-order valence-electron chi connectivity index (χ4n) is 2.68. The number of nitro benzene ring substituents is 1. The molecule has 0 aliphatic heterocycles. The summed E-state index contributed by atoms with van der Waals surface area (Å²) in [5.74, 6) is -0.726. The Balaban J connectivity index is 1.87. The Hall–Kier alpha value is -3.42. The molecule has 3 aromatic rings. The van der Waals surface area contributed by atoms with E-state index in [9.17, 15) is 14.5 Å². The molecule has 1 aromatic heterocycles. The molecule has 0 aliphatic carbocycles. The zero-order chi connectivity index (χ0) is 18.7. The molecule has 134 valence electrons. The van der Waals surface area contributed by atoms with E-state index in [1.54, 1.807) is 4.68 Å². The number of ether oxygens (including phenoxy) is 1. The maximum atomic E-state index is 14.2. The monoisotopic (exact) mass is 356 g/mol. The highest BCUT2D eigenvalue weighted by Crippen LogP contribution is 2.33. The van der Waals surface area contributed by atoms with E-state index in [4.69, 9.17) is 4.74 Å². The van der Waals surface area contributed by atoms with Crippen LogP contribution in [-0.4, -0.2) is 21.8 Å². The highest BCUT2D eigenvalue weighted by atomic mass is 19.1. The lowest BCUT2D eigenvalue weighted by atomic mass is 10.1. The van der Waals surface area contributed by atoms with Gasteiger partial charge < -0.3 is 10.1 Å². The van der Waals surface area contributed by atoms with Crippen LogP contribution in [0.2, 0.25) is 0 Å². The maximum absolute atomic E-state index is 14.2. The molecule has 0 amide bonds. The van der Waals surface area contributed by atoms with Crippen LogP contribution in [0.25, 0.3) is 11.3 Å². The van der Waals surface area contributed by atoms with E-state index in [0.29, 0.717) is 6.54 Å². The topological polar surface area (TPSA) is 82.2 Å². The zero-order valence-corrected chi connectivity index (χ0v) is 14.3. The SMILES string of the molecule is COc1cc(NCc2cn(C)nc2-c2ccccc2)c(F)cc1[N+](=O)[O-]. The summed E-state index contributed by atoms with van der Waals surface area (Å²) in [5.41, 5.74) is 2.31. The van der Waals surface area contributed by atoms with Crippen molar-refractivity contribution in [3.63, 3.8) is 0 Å². The first-order valence-corrected chi connectivity index (χ1v) is 7.83. The molecule has 2 aromatic carbocycles. The molecule has 0 aliphatic rings. The Labute approximate surface area is 149 Å². The molecule has 0 unspecified atom stereocenters. The molecule has 7 nitrogen and oxygen atoms in total. The highest BCUT2D eigenvalue weighted by Gasteiger charge is 2.19. The average Bonchev–Trinajstić information content (AvgIpc) is 3.01. The van der Waals surface area contributed by atoms with Crippen LogP contribution >= 0.6 is 0 Å². The largest absolute Gasteiger partial charge is 0.490 e. The van der Waals surface area contributed by atoms with E-state index in [-0.39, 0.29) is 11.4 Å². The summed E-state index contributed by atoms with van der Waals surface area (Å²) in [6, 6.07) is 11.8. The number of nitro groups is 1. The van der Waals surface area contributed by atoms with E-state index < -0.39 is 16.4 Å². The van der Waals surface area contributed by atoms with Crippen molar-refractivity contribution in [1.82, 2.24) is 9.78 Å². The van der Waals surface area contributed by atoms with Gasteiger partial charge >= 0.3 is 5.69 Å². The molecular weight excluding hydrogens is 339 g/mol. The van der Waals surface area contributed by atoms with Crippen molar-refractivity contribution in [2.75, 3.05) is 12.4 Å². The number of aromatic nitrogens is 2. The molecule has 0 saturated carbocycles. The first-order chi connectivity index (χ1) is 12.5. The Kier molecular flexibility index (Phi) is 4.83. The van der Waals surface area contributed by atoms with Crippen LogP contribution in [0.1, 0.15) is 5.56 Å². The minimum Gasteiger partial charge on any atom is -0.490 e. The predicted molar refractivity (Wildman–Crippen MR) is 95.6 cm³/mol. The average molecular weight is 356 g/mol. The number of rotatable bonds is 6. The van der Waals surface area contributed by atoms with E-state index in [1.165, 1.54) is 13.2 Å². The van der Waals surface area contributed by atoms with Crippen LogP contribution in [0, 0.1) is 15.9 Å². The van der Waals surface area contributed by atoms with Gasteiger partial charge in [-0.1, -0.05) is 30.3 Å². The normalized spacial score (nSPS) is 10.6. The lowest BCUT2D eigenvalue weighted by molar-refractivity contribution is -0.385. The summed E-state index contributed by atoms with van der Waals surface area (Å²) in [7, 11) is 3.12. The molecule has 26 heavy (non-hydrogen) atoms. The van der Waals surface area contributed by atoms with Gasteiger partial charge in [-0.2, -0.15) is 5.10 Å². The molecule has 8 heteroatoms. The fraction of sp³-hybridized carbons (Fsp3) is 0.167.